The van der Waals surface area contributed by atoms with E-state index in [1.807, 2.05) is 6.07 Å². The molecule has 0 saturated heterocycles. The first kappa shape index (κ1) is 14.2. The molecule has 0 bridgehead atoms. The quantitative estimate of drug-likeness (QED) is 0.646. The van der Waals surface area contributed by atoms with Gasteiger partial charge in [0.05, 0.1) is 6.61 Å². The number of unbranched alkanes of at least 4 members (excludes halogenated alkanes) is 2. The summed E-state index contributed by atoms with van der Waals surface area (Å²) in [6.07, 6.45) is 3.11. The molecule has 0 amide bonds. The van der Waals surface area contributed by atoms with Gasteiger partial charge in [-0.1, -0.05) is 24.3 Å². The molecule has 0 spiro atoms. The molecule has 0 unspecified atom stereocenters. The Morgan fingerprint density at radius 3 is 2.59 bits per heavy atom. The number of hydrogen-bond acceptors (Lipinski definition) is 3. The Bertz CT molecular complexity index is 302. The molecule has 0 fully saturated rings. The third-order valence-electron chi connectivity index (χ3n) is 2.75. The SMILES string of the molecule is COCc1ccccc1CNCCCCCO. The van der Waals surface area contributed by atoms with Crippen molar-refractivity contribution in [3.05, 3.63) is 35.4 Å². The number of rotatable bonds is 9. The molecule has 0 aliphatic rings. The van der Waals surface area contributed by atoms with E-state index in [9.17, 15) is 0 Å². The van der Waals surface area contributed by atoms with E-state index in [0.717, 1.165) is 32.4 Å². The molecule has 3 heteroatoms. The van der Waals surface area contributed by atoms with Gasteiger partial charge in [0, 0.05) is 20.3 Å². The number of benzene rings is 1. The molecule has 1 aromatic carbocycles. The summed E-state index contributed by atoms with van der Waals surface area (Å²) >= 11 is 0. The topological polar surface area (TPSA) is 41.5 Å². The highest BCUT2D eigenvalue weighted by molar-refractivity contribution is 5.26. The van der Waals surface area contributed by atoms with Gasteiger partial charge in [0.25, 0.3) is 0 Å². The molecule has 0 heterocycles. The number of aliphatic hydroxyl groups is 1. The standard InChI is InChI=1S/C14H23NO2/c1-17-12-14-8-4-3-7-13(14)11-15-9-5-2-6-10-16/h3-4,7-8,15-16H,2,5-6,9-12H2,1H3. The molecule has 0 aromatic heterocycles. The van der Waals surface area contributed by atoms with Crippen LogP contribution in [0.1, 0.15) is 30.4 Å². The summed E-state index contributed by atoms with van der Waals surface area (Å²) in [5.74, 6) is 0. The summed E-state index contributed by atoms with van der Waals surface area (Å²) in [6.45, 7) is 2.86. The lowest BCUT2D eigenvalue weighted by molar-refractivity contribution is 0.184. The van der Waals surface area contributed by atoms with E-state index < -0.39 is 0 Å². The molecule has 17 heavy (non-hydrogen) atoms. The van der Waals surface area contributed by atoms with Gasteiger partial charge in [-0.3, -0.25) is 0 Å². The fourth-order valence-electron chi connectivity index (χ4n) is 1.79. The van der Waals surface area contributed by atoms with Crippen LogP contribution in [0.2, 0.25) is 0 Å². The minimum absolute atomic E-state index is 0.302. The highest BCUT2D eigenvalue weighted by Gasteiger charge is 2.00. The average Bonchev–Trinajstić information content (AvgIpc) is 2.36. The average molecular weight is 237 g/mol. The van der Waals surface area contributed by atoms with Crippen LogP contribution in [0.5, 0.6) is 0 Å². The molecular weight excluding hydrogens is 214 g/mol. The van der Waals surface area contributed by atoms with Crippen molar-refractivity contribution in [3.63, 3.8) is 0 Å². The van der Waals surface area contributed by atoms with Gasteiger partial charge >= 0.3 is 0 Å². The fourth-order valence-corrected chi connectivity index (χ4v) is 1.79. The minimum Gasteiger partial charge on any atom is -0.396 e. The van der Waals surface area contributed by atoms with Gasteiger partial charge in [-0.15, -0.1) is 0 Å². The Hall–Kier alpha value is -0.900. The fraction of sp³-hybridized carbons (Fsp3) is 0.571. The van der Waals surface area contributed by atoms with Crippen molar-refractivity contribution >= 4 is 0 Å². The van der Waals surface area contributed by atoms with Crippen molar-refractivity contribution in [1.29, 1.82) is 0 Å². The Kier molecular flexibility index (Phi) is 7.63. The predicted octanol–water partition coefficient (Wildman–Crippen LogP) is 2.09. The van der Waals surface area contributed by atoms with Crippen molar-refractivity contribution in [3.8, 4) is 0 Å². The second-order valence-electron chi connectivity index (χ2n) is 4.16. The van der Waals surface area contributed by atoms with Gasteiger partial charge in [0.15, 0.2) is 0 Å². The van der Waals surface area contributed by atoms with Gasteiger partial charge in [-0.2, -0.15) is 0 Å². The summed E-state index contributed by atoms with van der Waals surface area (Å²) < 4.78 is 5.17. The first-order valence-corrected chi connectivity index (χ1v) is 6.25. The number of ether oxygens (including phenoxy) is 1. The van der Waals surface area contributed by atoms with Crippen LogP contribution in [0, 0.1) is 0 Å². The van der Waals surface area contributed by atoms with Gasteiger partial charge in [-0.05, 0) is 36.9 Å². The van der Waals surface area contributed by atoms with Crippen LogP contribution in [0.25, 0.3) is 0 Å². The van der Waals surface area contributed by atoms with Crippen LogP contribution in [-0.4, -0.2) is 25.4 Å². The Labute approximate surface area is 104 Å². The lowest BCUT2D eigenvalue weighted by Crippen LogP contribution is -2.16. The largest absolute Gasteiger partial charge is 0.396 e. The normalized spacial score (nSPS) is 10.7. The molecule has 0 aliphatic carbocycles. The molecule has 1 rings (SSSR count). The van der Waals surface area contributed by atoms with Gasteiger partial charge in [0.2, 0.25) is 0 Å². The van der Waals surface area contributed by atoms with E-state index >= 15 is 0 Å². The zero-order valence-electron chi connectivity index (χ0n) is 10.6. The van der Waals surface area contributed by atoms with Crippen molar-refractivity contribution in [1.82, 2.24) is 5.32 Å². The molecular formula is C14H23NO2. The first-order chi connectivity index (χ1) is 8.38. The third kappa shape index (κ3) is 5.82. The van der Waals surface area contributed by atoms with E-state index in [1.54, 1.807) is 7.11 Å². The molecule has 0 atom stereocenters. The minimum atomic E-state index is 0.302. The van der Waals surface area contributed by atoms with E-state index in [1.165, 1.54) is 11.1 Å². The maximum atomic E-state index is 8.66. The van der Waals surface area contributed by atoms with Gasteiger partial charge in [0.1, 0.15) is 0 Å². The second kappa shape index (κ2) is 9.16. The monoisotopic (exact) mass is 237 g/mol. The molecule has 0 aliphatic heterocycles. The zero-order chi connectivity index (χ0) is 12.3. The highest BCUT2D eigenvalue weighted by atomic mass is 16.5. The summed E-state index contributed by atoms with van der Waals surface area (Å²) in [5.41, 5.74) is 2.55. The van der Waals surface area contributed by atoms with E-state index in [2.05, 4.69) is 23.5 Å². The summed E-state index contributed by atoms with van der Waals surface area (Å²) in [4.78, 5) is 0. The summed E-state index contributed by atoms with van der Waals surface area (Å²) in [5, 5.41) is 12.1. The molecule has 0 saturated carbocycles. The van der Waals surface area contributed by atoms with Gasteiger partial charge < -0.3 is 15.2 Å². The van der Waals surface area contributed by atoms with Crippen LogP contribution in [-0.2, 0) is 17.9 Å². The van der Waals surface area contributed by atoms with Crippen molar-refractivity contribution < 1.29 is 9.84 Å². The number of hydrogen-bond donors (Lipinski definition) is 2. The molecule has 3 nitrogen and oxygen atoms in total. The second-order valence-corrected chi connectivity index (χ2v) is 4.16. The molecule has 2 N–H and O–H groups in total. The lowest BCUT2D eigenvalue weighted by Gasteiger charge is -2.09. The first-order valence-electron chi connectivity index (χ1n) is 6.25. The lowest BCUT2D eigenvalue weighted by atomic mass is 10.1. The van der Waals surface area contributed by atoms with Gasteiger partial charge in [-0.25, -0.2) is 0 Å². The third-order valence-corrected chi connectivity index (χ3v) is 2.75. The van der Waals surface area contributed by atoms with Crippen LogP contribution in [0.15, 0.2) is 24.3 Å². The molecule has 0 radical (unpaired) electrons. The van der Waals surface area contributed by atoms with E-state index in [4.69, 9.17) is 9.84 Å². The van der Waals surface area contributed by atoms with Crippen LogP contribution < -0.4 is 5.32 Å². The number of methoxy groups -OCH3 is 1. The number of aliphatic hydroxyl groups excluding tert-OH is 1. The van der Waals surface area contributed by atoms with Crippen LogP contribution in [0.3, 0.4) is 0 Å². The molecule has 1 aromatic rings. The van der Waals surface area contributed by atoms with E-state index in [-0.39, 0.29) is 0 Å². The number of nitrogens with one attached hydrogen (secondary N) is 1. The Balaban J connectivity index is 2.25. The Morgan fingerprint density at radius 1 is 1.12 bits per heavy atom. The maximum Gasteiger partial charge on any atom is 0.0716 e. The van der Waals surface area contributed by atoms with Crippen LogP contribution in [0.4, 0.5) is 0 Å². The molecule has 96 valence electrons. The smallest absolute Gasteiger partial charge is 0.0716 e. The van der Waals surface area contributed by atoms with Crippen molar-refractivity contribution in [2.75, 3.05) is 20.3 Å². The summed E-state index contributed by atoms with van der Waals surface area (Å²) in [7, 11) is 1.72. The predicted molar refractivity (Wildman–Crippen MR) is 69.8 cm³/mol. The zero-order valence-corrected chi connectivity index (χ0v) is 10.6. The van der Waals surface area contributed by atoms with Crippen molar-refractivity contribution in [2.45, 2.75) is 32.4 Å². The maximum absolute atomic E-state index is 8.66. The Morgan fingerprint density at radius 2 is 1.88 bits per heavy atom. The van der Waals surface area contributed by atoms with E-state index in [0.29, 0.717) is 13.2 Å². The van der Waals surface area contributed by atoms with Crippen molar-refractivity contribution in [2.24, 2.45) is 0 Å². The highest BCUT2D eigenvalue weighted by Crippen LogP contribution is 2.09. The summed E-state index contributed by atoms with van der Waals surface area (Å²) in [6, 6.07) is 8.34. The van der Waals surface area contributed by atoms with Crippen LogP contribution >= 0.6 is 0 Å².